The lowest BCUT2D eigenvalue weighted by Crippen LogP contribution is -2.74. The first-order chi connectivity index (χ1) is 17.0. The minimum Gasteiger partial charge on any atom is -0.454 e. The molecule has 2 aliphatic heterocycles. The molecule has 7 nitrogen and oxygen atoms in total. The summed E-state index contributed by atoms with van der Waals surface area (Å²) in [7, 11) is 0. The summed E-state index contributed by atoms with van der Waals surface area (Å²) in [6, 6.07) is 8.43. The van der Waals surface area contributed by atoms with Crippen molar-refractivity contribution < 1.29 is 28.9 Å². The fourth-order valence-corrected chi connectivity index (χ4v) is 8.65. The van der Waals surface area contributed by atoms with E-state index in [9.17, 15) is 14.7 Å². The largest absolute Gasteiger partial charge is 0.454 e. The molecule has 3 fully saturated rings. The SMILES string of the molecule is CC(=O)O[C@@]1(C)CO[C@@]23CC[C@@]4(C)[C@@](O)(CC[C@H]5Cc6c([nH]c7ccccc67)[C@@]54C)C2=CC(=O)[C@@H]1O3. The summed E-state index contributed by atoms with van der Waals surface area (Å²) >= 11 is 0. The standard InChI is InChI=1S/C29H33NO6/c1-16(31)35-25(2)15-34-29-12-11-26(3)27(4)17(13-19-18-7-5-6-8-20(18)30-23(19)27)9-10-28(26,33)22(29)14-21(32)24(25)36-29/h5-8,14,17,24,30,33H,9-13,15H2,1-4H3/t17-,24-,25-,26+,27+,28+,29+/m0/s1. The number of esters is 1. The first-order valence-electron chi connectivity index (χ1n) is 13.1. The molecule has 0 amide bonds. The number of hydrogen-bond acceptors (Lipinski definition) is 6. The van der Waals surface area contributed by atoms with Crippen molar-refractivity contribution >= 4 is 22.7 Å². The molecular formula is C29H33NO6. The maximum atomic E-state index is 13.4. The van der Waals surface area contributed by atoms with Gasteiger partial charge in [-0.05, 0) is 56.2 Å². The molecule has 5 aliphatic rings. The van der Waals surface area contributed by atoms with Crippen molar-refractivity contribution in [2.75, 3.05) is 6.61 Å². The van der Waals surface area contributed by atoms with Crippen LogP contribution in [0, 0.1) is 11.3 Å². The van der Waals surface area contributed by atoms with Crippen LogP contribution in [0.2, 0.25) is 0 Å². The Bertz CT molecular complexity index is 1380. The number of aromatic nitrogens is 1. The zero-order chi connectivity index (χ0) is 25.3. The van der Waals surface area contributed by atoms with Gasteiger partial charge in [0.2, 0.25) is 0 Å². The Kier molecular flexibility index (Phi) is 4.21. The predicted octanol–water partition coefficient (Wildman–Crippen LogP) is 3.87. The Hall–Kier alpha value is -2.48. The third-order valence-corrected chi connectivity index (χ3v) is 10.7. The Balaban J connectivity index is 1.36. The highest BCUT2D eigenvalue weighted by molar-refractivity contribution is 5.97. The Morgan fingerprint density at radius 1 is 1.17 bits per heavy atom. The highest BCUT2D eigenvalue weighted by atomic mass is 16.7. The van der Waals surface area contributed by atoms with Crippen LogP contribution < -0.4 is 0 Å². The third-order valence-electron chi connectivity index (χ3n) is 10.7. The summed E-state index contributed by atoms with van der Waals surface area (Å²) in [6.45, 7) is 7.52. The van der Waals surface area contributed by atoms with Gasteiger partial charge in [0, 0.05) is 46.3 Å². The predicted molar refractivity (Wildman–Crippen MR) is 131 cm³/mol. The molecule has 1 aromatic carbocycles. The molecule has 2 aromatic rings. The Morgan fingerprint density at radius 2 is 1.94 bits per heavy atom. The van der Waals surface area contributed by atoms with E-state index < -0.39 is 34.5 Å². The van der Waals surface area contributed by atoms with Gasteiger partial charge in [-0.1, -0.05) is 32.0 Å². The van der Waals surface area contributed by atoms with Gasteiger partial charge in [-0.15, -0.1) is 0 Å². The quantitative estimate of drug-likeness (QED) is 0.588. The van der Waals surface area contributed by atoms with Crippen LogP contribution >= 0.6 is 0 Å². The second-order valence-corrected chi connectivity index (χ2v) is 12.3. The van der Waals surface area contributed by atoms with Crippen LogP contribution in [-0.4, -0.2) is 51.5 Å². The number of ketones is 1. The summed E-state index contributed by atoms with van der Waals surface area (Å²) in [5, 5.41) is 13.9. The van der Waals surface area contributed by atoms with E-state index in [1.54, 1.807) is 13.0 Å². The molecule has 2 N–H and O–H groups in total. The number of fused-ring (bicyclic) bond motifs is 9. The molecule has 0 unspecified atom stereocenters. The average molecular weight is 492 g/mol. The monoisotopic (exact) mass is 491 g/mol. The number of nitrogens with one attached hydrogen (secondary N) is 1. The molecule has 36 heavy (non-hydrogen) atoms. The van der Waals surface area contributed by atoms with Crippen LogP contribution in [0.3, 0.4) is 0 Å². The molecule has 0 radical (unpaired) electrons. The number of aromatic amines is 1. The highest BCUT2D eigenvalue weighted by Gasteiger charge is 2.74. The van der Waals surface area contributed by atoms with Crippen LogP contribution in [-0.2, 0) is 35.6 Å². The van der Waals surface area contributed by atoms with Gasteiger partial charge in [0.1, 0.15) is 0 Å². The van der Waals surface area contributed by atoms with E-state index in [0.717, 1.165) is 18.4 Å². The minimum atomic E-state index is -1.27. The van der Waals surface area contributed by atoms with Gasteiger partial charge in [0.05, 0.1) is 12.2 Å². The van der Waals surface area contributed by atoms with Crippen LogP contribution in [0.4, 0.5) is 0 Å². The van der Waals surface area contributed by atoms with E-state index in [4.69, 9.17) is 14.2 Å². The van der Waals surface area contributed by atoms with E-state index in [0.29, 0.717) is 30.8 Å². The maximum Gasteiger partial charge on any atom is 0.303 e. The fourth-order valence-electron chi connectivity index (χ4n) is 8.65. The number of rotatable bonds is 1. The molecule has 1 saturated heterocycles. The first kappa shape index (κ1) is 22.7. The van der Waals surface area contributed by atoms with Crippen molar-refractivity contribution in [3.63, 3.8) is 0 Å². The van der Waals surface area contributed by atoms with Crippen molar-refractivity contribution in [1.82, 2.24) is 4.98 Å². The average Bonchev–Trinajstić information content (AvgIpc) is 3.34. The molecule has 3 aliphatic carbocycles. The molecule has 7 atom stereocenters. The fraction of sp³-hybridized carbons (Fsp3) is 0.586. The van der Waals surface area contributed by atoms with Crippen LogP contribution in [0.5, 0.6) is 0 Å². The lowest BCUT2D eigenvalue weighted by Gasteiger charge is -2.67. The first-order valence-corrected chi connectivity index (χ1v) is 13.1. The normalized spacial score (nSPS) is 44.8. The molecule has 3 heterocycles. The maximum absolute atomic E-state index is 13.4. The smallest absolute Gasteiger partial charge is 0.303 e. The van der Waals surface area contributed by atoms with Crippen LogP contribution in [0.25, 0.3) is 10.9 Å². The van der Waals surface area contributed by atoms with Crippen molar-refractivity contribution in [2.24, 2.45) is 11.3 Å². The molecule has 190 valence electrons. The molecule has 2 saturated carbocycles. The molecule has 2 bridgehead atoms. The number of H-pyrrole nitrogens is 1. The summed E-state index contributed by atoms with van der Waals surface area (Å²) < 4.78 is 18.2. The van der Waals surface area contributed by atoms with Gasteiger partial charge in [-0.2, -0.15) is 0 Å². The van der Waals surface area contributed by atoms with Gasteiger partial charge in [0.25, 0.3) is 0 Å². The number of hydrogen-bond donors (Lipinski definition) is 2. The zero-order valence-corrected chi connectivity index (χ0v) is 21.3. The van der Waals surface area contributed by atoms with Gasteiger partial charge in [0.15, 0.2) is 23.3 Å². The number of ether oxygens (including phenoxy) is 3. The number of aliphatic hydroxyl groups is 1. The molecule has 1 aromatic heterocycles. The van der Waals surface area contributed by atoms with Crippen molar-refractivity contribution in [3.8, 4) is 0 Å². The lowest BCUT2D eigenvalue weighted by molar-refractivity contribution is -0.350. The van der Waals surface area contributed by atoms with E-state index in [2.05, 4.69) is 37.0 Å². The molecule has 7 rings (SSSR count). The van der Waals surface area contributed by atoms with Crippen molar-refractivity contribution in [2.45, 2.75) is 88.3 Å². The zero-order valence-electron chi connectivity index (χ0n) is 21.3. The second kappa shape index (κ2) is 6.69. The number of benzene rings is 1. The number of para-hydroxylation sites is 1. The van der Waals surface area contributed by atoms with Crippen molar-refractivity contribution in [3.05, 3.63) is 47.2 Å². The number of carbonyl (C=O) groups is 2. The van der Waals surface area contributed by atoms with E-state index in [1.165, 1.54) is 23.6 Å². The summed E-state index contributed by atoms with van der Waals surface area (Å²) in [6.07, 6.45) is 4.17. The molecular weight excluding hydrogens is 458 g/mol. The van der Waals surface area contributed by atoms with Gasteiger partial charge in [-0.3, -0.25) is 9.59 Å². The van der Waals surface area contributed by atoms with Crippen LogP contribution in [0.1, 0.15) is 64.6 Å². The molecule has 1 spiro atoms. The summed E-state index contributed by atoms with van der Waals surface area (Å²) in [5.74, 6) is -1.55. The number of carbonyl (C=O) groups excluding carboxylic acids is 2. The Labute approximate surface area is 210 Å². The van der Waals surface area contributed by atoms with E-state index in [-0.39, 0.29) is 17.8 Å². The Morgan fingerprint density at radius 3 is 2.72 bits per heavy atom. The van der Waals surface area contributed by atoms with Crippen LogP contribution in [0.15, 0.2) is 35.9 Å². The lowest BCUT2D eigenvalue weighted by atomic mass is 9.42. The topological polar surface area (TPSA) is 97.9 Å². The third kappa shape index (κ3) is 2.40. The second-order valence-electron chi connectivity index (χ2n) is 12.3. The summed E-state index contributed by atoms with van der Waals surface area (Å²) in [5.41, 5.74) is 0.933. The van der Waals surface area contributed by atoms with Gasteiger partial charge >= 0.3 is 5.97 Å². The highest BCUT2D eigenvalue weighted by Crippen LogP contribution is 2.71. The van der Waals surface area contributed by atoms with Gasteiger partial charge in [-0.25, -0.2) is 0 Å². The summed E-state index contributed by atoms with van der Waals surface area (Å²) in [4.78, 5) is 28.9. The molecule has 7 heteroatoms. The van der Waals surface area contributed by atoms with E-state index >= 15 is 0 Å². The minimum absolute atomic E-state index is 0.0409. The van der Waals surface area contributed by atoms with Crippen molar-refractivity contribution in [1.29, 1.82) is 0 Å². The van der Waals surface area contributed by atoms with E-state index in [1.807, 2.05) is 6.07 Å². The van der Waals surface area contributed by atoms with Gasteiger partial charge < -0.3 is 24.3 Å².